The van der Waals surface area contributed by atoms with Crippen molar-refractivity contribution in [1.29, 1.82) is 0 Å². The monoisotopic (exact) mass is 333 g/mol. The van der Waals surface area contributed by atoms with Gasteiger partial charge in [0.05, 0.1) is 18.2 Å². The highest BCUT2D eigenvalue weighted by molar-refractivity contribution is 8.16. The van der Waals surface area contributed by atoms with E-state index in [4.69, 9.17) is 0 Å². The number of amides is 1. The van der Waals surface area contributed by atoms with Gasteiger partial charge in [-0.3, -0.25) is 14.5 Å². The average Bonchev–Trinajstić information content (AvgIpc) is 3.01. The average molecular weight is 333 g/mol. The highest BCUT2D eigenvalue weighted by atomic mass is 32.2. The number of thioether (sulfide) groups is 1. The van der Waals surface area contributed by atoms with Crippen LogP contribution in [0.25, 0.3) is 0 Å². The Morgan fingerprint density at radius 1 is 1.48 bits per heavy atom. The van der Waals surface area contributed by atoms with Crippen LogP contribution in [-0.2, 0) is 11.8 Å². The number of nitrogens with one attached hydrogen (secondary N) is 1. The molecule has 7 heteroatoms. The van der Waals surface area contributed by atoms with Crippen LogP contribution >= 0.6 is 11.8 Å². The summed E-state index contributed by atoms with van der Waals surface area (Å²) in [5, 5.41) is 10.6. The van der Waals surface area contributed by atoms with Crippen molar-refractivity contribution in [3.8, 4) is 0 Å². The van der Waals surface area contributed by atoms with Gasteiger partial charge >= 0.3 is 0 Å². The number of fused-ring (bicyclic) bond motifs is 1. The highest BCUT2D eigenvalue weighted by Crippen LogP contribution is 2.30. The molecule has 2 aliphatic heterocycles. The summed E-state index contributed by atoms with van der Waals surface area (Å²) in [6.45, 7) is 7.88. The number of carbonyl (C=O) groups excluding carboxylic acids is 1. The number of aryl methyl sites for hydroxylation is 2. The van der Waals surface area contributed by atoms with Crippen LogP contribution < -0.4 is 5.32 Å². The van der Waals surface area contributed by atoms with Gasteiger partial charge in [-0.05, 0) is 32.6 Å². The third-order valence-electron chi connectivity index (χ3n) is 4.38. The summed E-state index contributed by atoms with van der Waals surface area (Å²) < 4.78 is 1.86. The first kappa shape index (κ1) is 16.1. The second-order valence-corrected chi connectivity index (χ2v) is 6.91. The third-order valence-corrected chi connectivity index (χ3v) is 5.33. The number of amidine groups is 1. The summed E-state index contributed by atoms with van der Waals surface area (Å²) >= 11 is 1.62. The number of aliphatic imine (C=N–C) groups is 1. The molecule has 0 bridgehead atoms. The van der Waals surface area contributed by atoms with Crippen LogP contribution in [0.3, 0.4) is 0 Å². The van der Waals surface area contributed by atoms with Gasteiger partial charge in [0.15, 0.2) is 5.17 Å². The molecule has 23 heavy (non-hydrogen) atoms. The maximum absolute atomic E-state index is 12.4. The lowest BCUT2D eigenvalue weighted by molar-refractivity contribution is -0.121. The first-order chi connectivity index (χ1) is 11.0. The minimum atomic E-state index is -0.0413. The second-order valence-electron chi connectivity index (χ2n) is 6.07. The molecule has 0 saturated heterocycles. The zero-order valence-corrected chi connectivity index (χ0v) is 14.9. The van der Waals surface area contributed by atoms with Gasteiger partial charge in [0, 0.05) is 37.1 Å². The first-order valence-corrected chi connectivity index (χ1v) is 8.82. The summed E-state index contributed by atoms with van der Waals surface area (Å²) in [4.78, 5) is 19.1. The van der Waals surface area contributed by atoms with Gasteiger partial charge in [-0.15, -0.1) is 0 Å². The Morgan fingerprint density at radius 3 is 2.96 bits per heavy atom. The Morgan fingerprint density at radius 2 is 2.26 bits per heavy atom. The van der Waals surface area contributed by atoms with Crippen LogP contribution in [0.15, 0.2) is 16.1 Å². The van der Waals surface area contributed by atoms with E-state index in [1.54, 1.807) is 11.8 Å². The van der Waals surface area contributed by atoms with Gasteiger partial charge in [0.25, 0.3) is 0 Å². The van der Waals surface area contributed by atoms with Gasteiger partial charge in [0.1, 0.15) is 0 Å². The third kappa shape index (κ3) is 3.15. The molecule has 3 rings (SSSR count). The second kappa shape index (κ2) is 6.39. The summed E-state index contributed by atoms with van der Waals surface area (Å²) in [5.41, 5.74) is 4.23. The van der Waals surface area contributed by atoms with Crippen molar-refractivity contribution in [3.05, 3.63) is 28.1 Å². The summed E-state index contributed by atoms with van der Waals surface area (Å²) in [6.07, 6.45) is 1.45. The van der Waals surface area contributed by atoms with Crippen molar-refractivity contribution < 1.29 is 4.79 Å². The first-order valence-electron chi connectivity index (χ1n) is 7.94. The van der Waals surface area contributed by atoms with E-state index in [9.17, 15) is 4.79 Å². The molecule has 124 valence electrons. The van der Waals surface area contributed by atoms with Crippen molar-refractivity contribution in [3.63, 3.8) is 0 Å². The molecule has 6 nitrogen and oxygen atoms in total. The summed E-state index contributed by atoms with van der Waals surface area (Å²) in [7, 11) is 1.93. The van der Waals surface area contributed by atoms with E-state index in [0.29, 0.717) is 6.42 Å². The molecule has 0 saturated carbocycles. The SMILES string of the molecule is Cc1nn(C)c(C)c1[C@H](C)NC(=O)CC1=CSC2=NCCCN12. The Kier molecular flexibility index (Phi) is 4.48. The van der Waals surface area contributed by atoms with Crippen LogP contribution in [0.5, 0.6) is 0 Å². The van der Waals surface area contributed by atoms with E-state index in [0.717, 1.165) is 47.3 Å². The minimum absolute atomic E-state index is 0.0406. The molecule has 1 aromatic rings. The highest BCUT2D eigenvalue weighted by Gasteiger charge is 2.27. The van der Waals surface area contributed by atoms with Gasteiger partial charge in [-0.2, -0.15) is 5.10 Å². The predicted octanol–water partition coefficient (Wildman–Crippen LogP) is 2.25. The van der Waals surface area contributed by atoms with Crippen molar-refractivity contribution in [2.75, 3.05) is 13.1 Å². The molecule has 2 aliphatic rings. The Balaban J connectivity index is 1.63. The van der Waals surface area contributed by atoms with Crippen molar-refractivity contribution in [1.82, 2.24) is 20.0 Å². The summed E-state index contributed by atoms with van der Waals surface area (Å²) in [5.74, 6) is 0.0406. The number of hydrogen-bond donors (Lipinski definition) is 1. The van der Waals surface area contributed by atoms with Crippen molar-refractivity contribution >= 4 is 22.8 Å². The van der Waals surface area contributed by atoms with Crippen LogP contribution in [-0.4, -0.2) is 38.8 Å². The van der Waals surface area contributed by atoms with E-state index in [-0.39, 0.29) is 11.9 Å². The van der Waals surface area contributed by atoms with E-state index in [2.05, 4.69) is 25.7 Å². The van der Waals surface area contributed by atoms with Crippen molar-refractivity contribution in [2.24, 2.45) is 12.0 Å². The van der Waals surface area contributed by atoms with E-state index >= 15 is 0 Å². The molecule has 0 spiro atoms. The lowest BCUT2D eigenvalue weighted by Crippen LogP contribution is -2.33. The molecule has 1 amide bonds. The molecule has 1 aromatic heterocycles. The fourth-order valence-corrected chi connectivity index (χ4v) is 4.17. The summed E-state index contributed by atoms with van der Waals surface area (Å²) in [6, 6.07) is -0.0413. The molecule has 1 N–H and O–H groups in total. The number of hydrogen-bond acceptors (Lipinski definition) is 5. The fraction of sp³-hybridized carbons (Fsp3) is 0.562. The molecule has 3 heterocycles. The molecule has 0 fully saturated rings. The number of aromatic nitrogens is 2. The number of carbonyl (C=O) groups is 1. The molecule has 0 radical (unpaired) electrons. The zero-order chi connectivity index (χ0) is 16.6. The van der Waals surface area contributed by atoms with Gasteiger partial charge in [-0.25, -0.2) is 0 Å². The largest absolute Gasteiger partial charge is 0.349 e. The molecule has 0 aliphatic carbocycles. The lowest BCUT2D eigenvalue weighted by Gasteiger charge is -2.25. The number of rotatable bonds is 4. The Bertz CT molecular complexity index is 691. The normalized spacial score (nSPS) is 18.3. The van der Waals surface area contributed by atoms with E-state index < -0.39 is 0 Å². The molecule has 1 atom stereocenters. The quantitative estimate of drug-likeness (QED) is 0.918. The van der Waals surface area contributed by atoms with Crippen molar-refractivity contribution in [2.45, 2.75) is 39.7 Å². The van der Waals surface area contributed by atoms with Crippen LogP contribution in [0, 0.1) is 13.8 Å². The van der Waals surface area contributed by atoms with Gasteiger partial charge < -0.3 is 10.2 Å². The Labute approximate surface area is 141 Å². The smallest absolute Gasteiger partial charge is 0.226 e. The molecule has 0 unspecified atom stereocenters. The van der Waals surface area contributed by atoms with Gasteiger partial charge in [0.2, 0.25) is 5.91 Å². The zero-order valence-electron chi connectivity index (χ0n) is 14.1. The lowest BCUT2D eigenvalue weighted by atomic mass is 10.1. The van der Waals surface area contributed by atoms with Crippen LogP contribution in [0.1, 0.15) is 42.8 Å². The topological polar surface area (TPSA) is 62.5 Å². The Hall–Kier alpha value is -1.76. The minimum Gasteiger partial charge on any atom is -0.349 e. The number of nitrogens with zero attached hydrogens (tertiary/aromatic N) is 4. The predicted molar refractivity (Wildman–Crippen MR) is 93.2 cm³/mol. The van der Waals surface area contributed by atoms with Crippen LogP contribution in [0.4, 0.5) is 0 Å². The fourth-order valence-electron chi connectivity index (χ4n) is 3.22. The van der Waals surface area contributed by atoms with Crippen LogP contribution in [0.2, 0.25) is 0 Å². The molecule has 0 aromatic carbocycles. The standard InChI is InChI=1S/C16H23N5OS/c1-10(15-11(2)19-20(4)12(15)3)18-14(22)8-13-9-23-16-17-6-5-7-21(13)16/h9-10H,5-8H2,1-4H3,(H,18,22)/t10-/m0/s1. The maximum Gasteiger partial charge on any atom is 0.226 e. The van der Waals surface area contributed by atoms with E-state index in [1.165, 1.54) is 0 Å². The maximum atomic E-state index is 12.4. The van der Waals surface area contributed by atoms with Gasteiger partial charge in [-0.1, -0.05) is 11.8 Å². The molecular formula is C16H23N5OS. The van der Waals surface area contributed by atoms with E-state index in [1.807, 2.05) is 32.5 Å². The molecular weight excluding hydrogens is 310 g/mol.